The molecule has 0 spiro atoms. The molecule has 5 rings (SSSR count). The fraction of sp³-hybridized carbons (Fsp3) is 0.286. The predicted molar refractivity (Wildman–Crippen MR) is 111 cm³/mol. The van der Waals surface area contributed by atoms with Crippen molar-refractivity contribution in [2.75, 3.05) is 6.54 Å². The third-order valence-corrected chi connectivity index (χ3v) is 5.99. The van der Waals surface area contributed by atoms with Crippen molar-refractivity contribution in [1.82, 2.24) is 19.7 Å². The molecule has 148 valence electrons. The van der Waals surface area contributed by atoms with E-state index in [0.717, 1.165) is 10.6 Å². The number of rotatable bonds is 7. The number of aromatic nitrogens is 3. The summed E-state index contributed by atoms with van der Waals surface area (Å²) in [4.78, 5) is 25.5. The number of para-hydroxylation sites is 2. The first-order valence-electron chi connectivity index (χ1n) is 9.66. The van der Waals surface area contributed by atoms with Crippen molar-refractivity contribution >= 4 is 28.3 Å². The number of nitrogens with zero attached hydrogens (tertiary/aromatic N) is 3. The summed E-state index contributed by atoms with van der Waals surface area (Å²) in [5.41, 5.74) is 3.33. The van der Waals surface area contributed by atoms with Crippen molar-refractivity contribution in [3.63, 3.8) is 0 Å². The molecule has 1 amide bonds. The molecule has 0 unspecified atom stereocenters. The Morgan fingerprint density at radius 2 is 2.10 bits per heavy atom. The Morgan fingerprint density at radius 3 is 2.90 bits per heavy atom. The van der Waals surface area contributed by atoms with Crippen molar-refractivity contribution < 1.29 is 9.21 Å². The summed E-state index contributed by atoms with van der Waals surface area (Å²) in [6.07, 6.45) is 2.39. The minimum absolute atomic E-state index is 0.0646. The van der Waals surface area contributed by atoms with Gasteiger partial charge in [0.15, 0.2) is 5.58 Å². The van der Waals surface area contributed by atoms with Gasteiger partial charge in [-0.1, -0.05) is 18.2 Å². The van der Waals surface area contributed by atoms with Crippen LogP contribution in [-0.2, 0) is 17.9 Å². The van der Waals surface area contributed by atoms with Gasteiger partial charge in [0.2, 0.25) is 5.91 Å². The zero-order valence-corrected chi connectivity index (χ0v) is 16.5. The highest BCUT2D eigenvalue weighted by atomic mass is 32.1. The molecule has 1 aliphatic carbocycles. The Labute approximate surface area is 170 Å². The summed E-state index contributed by atoms with van der Waals surface area (Å²) in [6.45, 7) is 0.990. The van der Waals surface area contributed by atoms with Gasteiger partial charge >= 0.3 is 5.76 Å². The highest BCUT2D eigenvalue weighted by Crippen LogP contribution is 2.41. The van der Waals surface area contributed by atoms with Crippen LogP contribution in [0.3, 0.4) is 0 Å². The molecule has 1 fully saturated rings. The third-order valence-electron chi connectivity index (χ3n) is 5.10. The van der Waals surface area contributed by atoms with Crippen LogP contribution in [-0.4, -0.2) is 26.8 Å². The Hall–Kier alpha value is -3.13. The SMILES string of the molecule is O=C(Cn1c(=O)oc2ccccc21)NCCn1nc(-c2cccs2)cc1C1CC1. The van der Waals surface area contributed by atoms with Crippen molar-refractivity contribution in [3.05, 3.63) is 64.1 Å². The summed E-state index contributed by atoms with van der Waals surface area (Å²) >= 11 is 1.68. The zero-order chi connectivity index (χ0) is 19.8. The van der Waals surface area contributed by atoms with Crippen LogP contribution in [0.4, 0.5) is 0 Å². The second-order valence-electron chi connectivity index (χ2n) is 7.20. The Morgan fingerprint density at radius 1 is 1.24 bits per heavy atom. The van der Waals surface area contributed by atoms with Gasteiger partial charge in [-0.2, -0.15) is 5.10 Å². The molecule has 1 aliphatic rings. The van der Waals surface area contributed by atoms with Crippen LogP contribution in [0, 0.1) is 0 Å². The first kappa shape index (κ1) is 17.9. The average Bonchev–Trinajstić information content (AvgIpc) is 3.13. The lowest BCUT2D eigenvalue weighted by Gasteiger charge is -2.08. The van der Waals surface area contributed by atoms with Gasteiger partial charge in [-0.05, 0) is 42.5 Å². The molecule has 1 saturated carbocycles. The standard InChI is InChI=1S/C21H20N4O3S/c26-20(13-24-16-4-1-2-5-18(16)28-21(24)27)22-9-10-25-17(14-7-8-14)12-15(23-25)19-6-3-11-29-19/h1-6,11-12,14H,7-10,13H2,(H,22,26). The number of oxazole rings is 1. The highest BCUT2D eigenvalue weighted by Gasteiger charge is 2.28. The summed E-state index contributed by atoms with van der Waals surface area (Å²) in [5.74, 6) is -0.176. The van der Waals surface area contributed by atoms with Crippen LogP contribution >= 0.6 is 11.3 Å². The molecule has 3 aromatic heterocycles. The van der Waals surface area contributed by atoms with Crippen LogP contribution in [0.1, 0.15) is 24.5 Å². The number of fused-ring (bicyclic) bond motifs is 1. The molecule has 4 aromatic rings. The molecule has 0 atom stereocenters. The first-order chi connectivity index (χ1) is 14.2. The van der Waals surface area contributed by atoms with Gasteiger partial charge in [-0.25, -0.2) is 4.79 Å². The van der Waals surface area contributed by atoms with E-state index in [-0.39, 0.29) is 12.5 Å². The van der Waals surface area contributed by atoms with Gasteiger partial charge in [0, 0.05) is 18.2 Å². The lowest BCUT2D eigenvalue weighted by atomic mass is 10.2. The second-order valence-corrected chi connectivity index (χ2v) is 8.15. The van der Waals surface area contributed by atoms with Crippen LogP contribution in [0.15, 0.2) is 57.1 Å². The van der Waals surface area contributed by atoms with Crippen molar-refractivity contribution in [1.29, 1.82) is 0 Å². The molecule has 1 N–H and O–H groups in total. The maximum atomic E-state index is 12.4. The number of hydrogen-bond donors (Lipinski definition) is 1. The van der Waals surface area contributed by atoms with Crippen LogP contribution in [0.2, 0.25) is 0 Å². The van der Waals surface area contributed by atoms with E-state index in [1.807, 2.05) is 22.2 Å². The number of carbonyl (C=O) groups excluding carboxylic acids is 1. The molecule has 1 aromatic carbocycles. The number of carbonyl (C=O) groups is 1. The fourth-order valence-electron chi connectivity index (χ4n) is 3.53. The molecular weight excluding hydrogens is 388 g/mol. The van der Waals surface area contributed by atoms with Crippen LogP contribution in [0.5, 0.6) is 0 Å². The average molecular weight is 408 g/mol. The molecule has 7 nitrogen and oxygen atoms in total. The third kappa shape index (κ3) is 3.63. The molecule has 0 bridgehead atoms. The number of amides is 1. The molecule has 0 aliphatic heterocycles. The van der Waals surface area contributed by atoms with Gasteiger partial charge < -0.3 is 9.73 Å². The molecule has 0 radical (unpaired) electrons. The van der Waals surface area contributed by atoms with Crippen molar-refractivity contribution in [2.45, 2.75) is 31.8 Å². The summed E-state index contributed by atoms with van der Waals surface area (Å²) < 4.78 is 8.53. The number of thiophene rings is 1. The summed E-state index contributed by atoms with van der Waals surface area (Å²) in [5, 5.41) is 9.69. The lowest BCUT2D eigenvalue weighted by Crippen LogP contribution is -2.33. The first-order valence-corrected chi connectivity index (χ1v) is 10.5. The lowest BCUT2D eigenvalue weighted by molar-refractivity contribution is -0.121. The number of nitrogens with one attached hydrogen (secondary N) is 1. The monoisotopic (exact) mass is 408 g/mol. The summed E-state index contributed by atoms with van der Waals surface area (Å²) in [6, 6.07) is 13.4. The number of benzene rings is 1. The van der Waals surface area contributed by atoms with Crippen LogP contribution < -0.4 is 11.1 Å². The Bertz CT molecular complexity index is 1210. The normalized spacial score (nSPS) is 13.8. The van der Waals surface area contributed by atoms with E-state index >= 15 is 0 Å². The van der Waals surface area contributed by atoms with Crippen molar-refractivity contribution in [3.8, 4) is 10.6 Å². The minimum atomic E-state index is -0.523. The molecule has 29 heavy (non-hydrogen) atoms. The van der Waals surface area contributed by atoms with Crippen molar-refractivity contribution in [2.24, 2.45) is 0 Å². The fourth-order valence-corrected chi connectivity index (χ4v) is 4.21. The van der Waals surface area contributed by atoms with E-state index in [0.29, 0.717) is 30.1 Å². The highest BCUT2D eigenvalue weighted by molar-refractivity contribution is 7.13. The zero-order valence-electron chi connectivity index (χ0n) is 15.7. The van der Waals surface area contributed by atoms with Crippen LogP contribution in [0.25, 0.3) is 21.7 Å². The van der Waals surface area contributed by atoms with E-state index in [4.69, 9.17) is 9.52 Å². The van der Waals surface area contributed by atoms with E-state index in [1.54, 1.807) is 29.5 Å². The number of hydrogen-bond acceptors (Lipinski definition) is 5. The maximum absolute atomic E-state index is 12.4. The second kappa shape index (κ2) is 7.36. The van der Waals surface area contributed by atoms with Gasteiger partial charge in [-0.15, -0.1) is 11.3 Å². The largest absolute Gasteiger partial charge is 0.420 e. The quantitative estimate of drug-likeness (QED) is 0.509. The van der Waals surface area contributed by atoms with Gasteiger partial charge in [-0.3, -0.25) is 14.0 Å². The summed E-state index contributed by atoms with van der Waals surface area (Å²) in [7, 11) is 0. The molecule has 3 heterocycles. The maximum Gasteiger partial charge on any atom is 0.420 e. The molecule has 0 saturated heterocycles. The molecule has 8 heteroatoms. The van der Waals surface area contributed by atoms with E-state index in [1.165, 1.54) is 23.1 Å². The predicted octanol–water partition coefficient (Wildman–Crippen LogP) is 3.21. The van der Waals surface area contributed by atoms with Gasteiger partial charge in [0.05, 0.1) is 16.9 Å². The van der Waals surface area contributed by atoms with E-state index in [9.17, 15) is 9.59 Å². The van der Waals surface area contributed by atoms with Gasteiger partial charge in [0.25, 0.3) is 0 Å². The van der Waals surface area contributed by atoms with Gasteiger partial charge in [0.1, 0.15) is 12.2 Å². The topological polar surface area (TPSA) is 82.1 Å². The Balaban J connectivity index is 1.25. The smallest absolute Gasteiger partial charge is 0.408 e. The Kier molecular flexibility index (Phi) is 4.55. The molecular formula is C21H20N4O3S. The van der Waals surface area contributed by atoms with E-state index < -0.39 is 5.76 Å². The van der Waals surface area contributed by atoms with E-state index in [2.05, 4.69) is 17.4 Å². The minimum Gasteiger partial charge on any atom is -0.408 e.